The van der Waals surface area contributed by atoms with Gasteiger partial charge < -0.3 is 15.5 Å². The van der Waals surface area contributed by atoms with Gasteiger partial charge in [0.15, 0.2) is 0 Å². The number of nitrogens with zero attached hydrogens (tertiary/aromatic N) is 3. The molecule has 0 aliphatic carbocycles. The molecule has 2 aliphatic rings. The van der Waals surface area contributed by atoms with Gasteiger partial charge in [0.05, 0.1) is 11.0 Å². The molecule has 1 aromatic heterocycles. The summed E-state index contributed by atoms with van der Waals surface area (Å²) in [5, 5.41) is 17.5. The molecule has 2 saturated heterocycles. The first-order valence-corrected chi connectivity index (χ1v) is 8.92. The Hall–Kier alpha value is -2.22. The van der Waals surface area contributed by atoms with E-state index in [1.54, 1.807) is 6.07 Å². The van der Waals surface area contributed by atoms with Crippen molar-refractivity contribution in [3.63, 3.8) is 0 Å². The number of aromatic nitrogens is 1. The van der Waals surface area contributed by atoms with Gasteiger partial charge in [0, 0.05) is 31.4 Å². The summed E-state index contributed by atoms with van der Waals surface area (Å²) in [4.78, 5) is 29.4. The molecule has 2 atom stereocenters. The molecule has 2 fully saturated rings. The molecule has 8 heteroatoms. The Balaban J connectivity index is 1.62. The molecule has 8 nitrogen and oxygen atoms in total. The van der Waals surface area contributed by atoms with Gasteiger partial charge in [0.1, 0.15) is 0 Å². The van der Waals surface area contributed by atoms with Crippen molar-refractivity contribution in [3.05, 3.63) is 27.9 Å². The van der Waals surface area contributed by atoms with E-state index in [0.29, 0.717) is 18.9 Å². The minimum Gasteiger partial charge on any atom is -0.354 e. The number of carbonyl (C=O) groups is 1. The van der Waals surface area contributed by atoms with Gasteiger partial charge in [-0.25, -0.2) is 4.98 Å². The van der Waals surface area contributed by atoms with E-state index in [9.17, 15) is 14.9 Å². The van der Waals surface area contributed by atoms with E-state index >= 15 is 0 Å². The minimum atomic E-state index is -0.376. The molecule has 0 spiro atoms. The van der Waals surface area contributed by atoms with Gasteiger partial charge >= 0.3 is 5.69 Å². The smallest absolute Gasteiger partial charge is 0.311 e. The van der Waals surface area contributed by atoms with E-state index in [1.807, 2.05) is 11.8 Å². The Morgan fingerprint density at radius 1 is 1.44 bits per heavy atom. The van der Waals surface area contributed by atoms with Crippen molar-refractivity contribution >= 4 is 17.4 Å². The van der Waals surface area contributed by atoms with Crippen molar-refractivity contribution < 1.29 is 9.72 Å². The maximum atomic E-state index is 12.1. The van der Waals surface area contributed by atoms with E-state index in [0.717, 1.165) is 44.5 Å². The van der Waals surface area contributed by atoms with Crippen LogP contribution in [0.15, 0.2) is 12.1 Å². The van der Waals surface area contributed by atoms with Crippen molar-refractivity contribution in [1.29, 1.82) is 0 Å². The molecular weight excluding hydrogens is 322 g/mol. The third kappa shape index (κ3) is 4.25. The quantitative estimate of drug-likeness (QED) is 0.616. The highest BCUT2D eigenvalue weighted by molar-refractivity contribution is 5.82. The number of hydrogen-bond donors (Lipinski definition) is 2. The number of anilines is 1. The summed E-state index contributed by atoms with van der Waals surface area (Å²) >= 11 is 0. The number of piperidine rings is 1. The van der Waals surface area contributed by atoms with E-state index in [-0.39, 0.29) is 28.5 Å². The summed E-state index contributed by atoms with van der Waals surface area (Å²) in [6, 6.07) is 3.12. The lowest BCUT2D eigenvalue weighted by molar-refractivity contribution is -0.384. The molecular formula is C17H25N5O3. The van der Waals surface area contributed by atoms with E-state index in [1.165, 1.54) is 6.07 Å². The summed E-state index contributed by atoms with van der Waals surface area (Å²) < 4.78 is 0. The lowest BCUT2D eigenvalue weighted by atomic mass is 9.97. The van der Waals surface area contributed by atoms with Crippen LogP contribution in [0.25, 0.3) is 0 Å². The highest BCUT2D eigenvalue weighted by atomic mass is 16.6. The number of nitro groups is 1. The standard InChI is InChI=1S/C17H25N5O3/c1-12-6-7-15(22(24)25)16(20-12)21-9-3-4-13(11-21)10-19-17(23)14-5-2-8-18-14/h6-7,13-14,18H,2-5,8-11H2,1H3,(H,19,23). The lowest BCUT2D eigenvalue weighted by Gasteiger charge is -2.33. The average Bonchev–Trinajstić information content (AvgIpc) is 3.14. The zero-order valence-electron chi connectivity index (χ0n) is 14.5. The van der Waals surface area contributed by atoms with E-state index < -0.39 is 0 Å². The van der Waals surface area contributed by atoms with E-state index in [4.69, 9.17) is 0 Å². The Kier molecular flexibility index (Phi) is 5.47. The Labute approximate surface area is 147 Å². The fourth-order valence-electron chi connectivity index (χ4n) is 3.61. The number of carbonyl (C=O) groups excluding carboxylic acids is 1. The number of hydrogen-bond acceptors (Lipinski definition) is 6. The van der Waals surface area contributed by atoms with Crippen LogP contribution in [0.3, 0.4) is 0 Å². The molecule has 0 bridgehead atoms. The third-order valence-electron chi connectivity index (χ3n) is 4.95. The van der Waals surface area contributed by atoms with Gasteiger partial charge in [0.25, 0.3) is 0 Å². The van der Waals surface area contributed by atoms with E-state index in [2.05, 4.69) is 15.6 Å². The largest absolute Gasteiger partial charge is 0.354 e. The van der Waals surface area contributed by atoms with Crippen LogP contribution in [0, 0.1) is 23.0 Å². The second-order valence-corrected chi connectivity index (χ2v) is 6.90. The maximum absolute atomic E-state index is 12.1. The summed E-state index contributed by atoms with van der Waals surface area (Å²) in [5.74, 6) is 0.786. The van der Waals surface area contributed by atoms with Crippen molar-refractivity contribution in [1.82, 2.24) is 15.6 Å². The first kappa shape index (κ1) is 17.6. The molecule has 1 aromatic rings. The summed E-state index contributed by atoms with van der Waals surface area (Å²) in [7, 11) is 0. The molecule has 3 rings (SSSR count). The molecule has 1 amide bonds. The van der Waals surface area contributed by atoms with Crippen molar-refractivity contribution in [3.8, 4) is 0 Å². The van der Waals surface area contributed by atoms with Crippen molar-refractivity contribution in [2.75, 3.05) is 31.1 Å². The summed E-state index contributed by atoms with van der Waals surface area (Å²) in [6.45, 7) is 4.77. The highest BCUT2D eigenvalue weighted by Gasteiger charge is 2.28. The SMILES string of the molecule is Cc1ccc([N+](=O)[O-])c(N2CCCC(CNC(=O)C3CCCN3)C2)n1. The van der Waals surface area contributed by atoms with Crippen LogP contribution >= 0.6 is 0 Å². The molecule has 136 valence electrons. The number of amides is 1. The Morgan fingerprint density at radius 2 is 2.28 bits per heavy atom. The molecule has 0 aromatic carbocycles. The predicted octanol–water partition coefficient (Wildman–Crippen LogP) is 1.38. The molecule has 2 aliphatic heterocycles. The number of rotatable bonds is 5. The summed E-state index contributed by atoms with van der Waals surface area (Å²) in [6.07, 6.45) is 3.88. The van der Waals surface area contributed by atoms with Gasteiger partial charge in [-0.3, -0.25) is 14.9 Å². The first-order valence-electron chi connectivity index (χ1n) is 8.92. The minimum absolute atomic E-state index is 0.0467. The van der Waals surface area contributed by atoms with Crippen LogP contribution in [0.2, 0.25) is 0 Å². The topological polar surface area (TPSA) is 100 Å². The van der Waals surface area contributed by atoms with Crippen LogP contribution in [-0.4, -0.2) is 48.0 Å². The van der Waals surface area contributed by atoms with Crippen LogP contribution in [-0.2, 0) is 4.79 Å². The summed E-state index contributed by atoms with van der Waals surface area (Å²) in [5.41, 5.74) is 0.814. The third-order valence-corrected chi connectivity index (χ3v) is 4.95. The second-order valence-electron chi connectivity index (χ2n) is 6.90. The number of nitrogens with one attached hydrogen (secondary N) is 2. The number of pyridine rings is 1. The van der Waals surface area contributed by atoms with Crippen molar-refractivity contribution in [2.24, 2.45) is 5.92 Å². The Bertz CT molecular complexity index is 645. The zero-order chi connectivity index (χ0) is 17.8. The molecule has 2 unspecified atom stereocenters. The monoisotopic (exact) mass is 347 g/mol. The van der Waals surface area contributed by atoms with Crippen molar-refractivity contribution in [2.45, 2.75) is 38.6 Å². The normalized spacial score (nSPS) is 23.5. The van der Waals surface area contributed by atoms with Crippen LogP contribution in [0.4, 0.5) is 11.5 Å². The Morgan fingerprint density at radius 3 is 3.00 bits per heavy atom. The molecule has 0 radical (unpaired) electrons. The maximum Gasteiger partial charge on any atom is 0.311 e. The van der Waals surface area contributed by atoms with Crippen LogP contribution in [0.1, 0.15) is 31.4 Å². The van der Waals surface area contributed by atoms with Gasteiger partial charge in [0.2, 0.25) is 11.7 Å². The van der Waals surface area contributed by atoms with Gasteiger partial charge in [-0.15, -0.1) is 0 Å². The first-order chi connectivity index (χ1) is 12.0. The molecule has 0 saturated carbocycles. The van der Waals surface area contributed by atoms with Gasteiger partial charge in [-0.2, -0.15) is 0 Å². The number of aryl methyl sites for hydroxylation is 1. The fourth-order valence-corrected chi connectivity index (χ4v) is 3.61. The zero-order valence-corrected chi connectivity index (χ0v) is 14.5. The molecule has 3 heterocycles. The lowest BCUT2D eigenvalue weighted by Crippen LogP contribution is -2.45. The molecule has 2 N–H and O–H groups in total. The second kappa shape index (κ2) is 7.77. The fraction of sp³-hybridized carbons (Fsp3) is 0.647. The van der Waals surface area contributed by atoms with Gasteiger partial charge in [-0.05, 0) is 51.1 Å². The molecule has 25 heavy (non-hydrogen) atoms. The van der Waals surface area contributed by atoms with Crippen LogP contribution in [0.5, 0.6) is 0 Å². The highest BCUT2D eigenvalue weighted by Crippen LogP contribution is 2.29. The van der Waals surface area contributed by atoms with Crippen LogP contribution < -0.4 is 15.5 Å². The average molecular weight is 347 g/mol. The van der Waals surface area contributed by atoms with Gasteiger partial charge in [-0.1, -0.05) is 0 Å². The predicted molar refractivity (Wildman–Crippen MR) is 94.6 cm³/mol.